The Labute approximate surface area is 135 Å². The Balaban J connectivity index is 2.19. The van der Waals surface area contributed by atoms with Gasteiger partial charge in [0.15, 0.2) is 0 Å². The van der Waals surface area contributed by atoms with Gasteiger partial charge in [0.05, 0.1) is 23.4 Å². The number of hydrogen-bond donors (Lipinski definition) is 0. The first-order valence-corrected chi connectivity index (χ1v) is 7.69. The normalized spacial score (nSPS) is 11.6. The van der Waals surface area contributed by atoms with Gasteiger partial charge in [0.25, 0.3) is 5.56 Å². The Hall–Kier alpha value is -2.21. The third-order valence-corrected chi connectivity index (χ3v) is 3.88. The molecule has 3 aromatic rings. The van der Waals surface area contributed by atoms with E-state index >= 15 is 0 Å². The van der Waals surface area contributed by atoms with Crippen LogP contribution in [-0.4, -0.2) is 15.9 Å². The molecule has 2 heterocycles. The fourth-order valence-corrected chi connectivity index (χ4v) is 2.53. The smallest absolute Gasteiger partial charge is 0.282 e. The van der Waals surface area contributed by atoms with Crippen LogP contribution in [0.1, 0.15) is 24.1 Å². The van der Waals surface area contributed by atoms with E-state index in [1.807, 2.05) is 32.0 Å². The largest absolute Gasteiger partial charge is 0.463 e. The highest BCUT2D eigenvalue weighted by molar-refractivity contribution is 9.10. The van der Waals surface area contributed by atoms with Crippen molar-refractivity contribution in [2.45, 2.75) is 20.3 Å². The molecule has 22 heavy (non-hydrogen) atoms. The van der Waals surface area contributed by atoms with Crippen LogP contribution in [0.4, 0.5) is 0 Å². The van der Waals surface area contributed by atoms with Gasteiger partial charge in [0, 0.05) is 10.9 Å². The third kappa shape index (κ3) is 2.62. The van der Waals surface area contributed by atoms with E-state index in [4.69, 9.17) is 4.42 Å². The quantitative estimate of drug-likeness (QED) is 0.672. The highest BCUT2D eigenvalue weighted by atomic mass is 79.9. The minimum absolute atomic E-state index is 0.191. The first kappa shape index (κ1) is 14.7. The third-order valence-electron chi connectivity index (χ3n) is 3.38. The molecule has 0 amide bonds. The van der Waals surface area contributed by atoms with Crippen LogP contribution in [0.25, 0.3) is 10.9 Å². The van der Waals surface area contributed by atoms with E-state index in [2.05, 4.69) is 26.0 Å². The molecule has 0 radical (unpaired) electrons. The molecule has 0 bridgehead atoms. The van der Waals surface area contributed by atoms with Crippen molar-refractivity contribution in [3.8, 4) is 0 Å². The lowest BCUT2D eigenvalue weighted by molar-refractivity contribution is 0.557. The molecule has 0 N–H and O–H groups in total. The zero-order valence-corrected chi connectivity index (χ0v) is 13.8. The number of aryl methyl sites for hydroxylation is 2. The number of aromatic nitrogens is 2. The summed E-state index contributed by atoms with van der Waals surface area (Å²) >= 11 is 3.38. The van der Waals surface area contributed by atoms with E-state index in [9.17, 15) is 4.79 Å². The van der Waals surface area contributed by atoms with E-state index in [0.29, 0.717) is 28.9 Å². The summed E-state index contributed by atoms with van der Waals surface area (Å²) in [6.07, 6.45) is 3.74. The van der Waals surface area contributed by atoms with Gasteiger partial charge in [-0.3, -0.25) is 4.79 Å². The summed E-state index contributed by atoms with van der Waals surface area (Å²) in [6, 6.07) is 7.30. The predicted octanol–water partition coefficient (Wildman–Crippen LogP) is 3.51. The molecule has 0 aliphatic carbocycles. The van der Waals surface area contributed by atoms with Gasteiger partial charge in [0.2, 0.25) is 0 Å². The summed E-state index contributed by atoms with van der Waals surface area (Å²) in [5.74, 6) is 1.24. The number of fused-ring (bicyclic) bond motifs is 1. The lowest BCUT2D eigenvalue weighted by Gasteiger charge is -2.07. The second kappa shape index (κ2) is 5.88. The monoisotopic (exact) mass is 359 g/mol. The molecule has 0 atom stereocenters. The van der Waals surface area contributed by atoms with E-state index in [1.54, 1.807) is 18.5 Å². The van der Waals surface area contributed by atoms with Crippen LogP contribution in [0.3, 0.4) is 0 Å². The topological polar surface area (TPSA) is 60.4 Å². The van der Waals surface area contributed by atoms with E-state index in [-0.39, 0.29) is 5.56 Å². The summed E-state index contributed by atoms with van der Waals surface area (Å²) in [4.78, 5) is 17.2. The number of halogens is 1. The van der Waals surface area contributed by atoms with Crippen molar-refractivity contribution in [3.63, 3.8) is 0 Å². The lowest BCUT2D eigenvalue weighted by Crippen LogP contribution is -2.22. The second-order valence-corrected chi connectivity index (χ2v) is 5.79. The van der Waals surface area contributed by atoms with Crippen LogP contribution >= 0.6 is 15.9 Å². The Bertz CT molecular complexity index is 925. The highest BCUT2D eigenvalue weighted by Crippen LogP contribution is 2.16. The van der Waals surface area contributed by atoms with Crippen LogP contribution in [0.2, 0.25) is 0 Å². The summed E-state index contributed by atoms with van der Waals surface area (Å²) in [5, 5.41) is 4.79. The highest BCUT2D eigenvalue weighted by Gasteiger charge is 2.10. The SMILES string of the molecule is CCc1nc2ccc(Br)cc2c(=O)n1N=Cc1occc1C. The fraction of sp³-hybridized carbons (Fsp3) is 0.188. The zero-order valence-electron chi connectivity index (χ0n) is 12.2. The van der Waals surface area contributed by atoms with Crippen LogP contribution in [-0.2, 0) is 6.42 Å². The van der Waals surface area contributed by atoms with Crippen LogP contribution in [0, 0.1) is 6.92 Å². The average Bonchev–Trinajstić information content (AvgIpc) is 2.92. The molecule has 5 nitrogen and oxygen atoms in total. The number of rotatable bonds is 3. The zero-order chi connectivity index (χ0) is 15.7. The van der Waals surface area contributed by atoms with Crippen LogP contribution < -0.4 is 5.56 Å². The fourth-order valence-electron chi connectivity index (χ4n) is 2.17. The Morgan fingerprint density at radius 3 is 2.91 bits per heavy atom. The molecule has 3 rings (SSSR count). The summed E-state index contributed by atoms with van der Waals surface area (Å²) in [6.45, 7) is 3.86. The van der Waals surface area contributed by atoms with E-state index in [0.717, 1.165) is 10.0 Å². The molecule has 0 aliphatic heterocycles. The summed E-state index contributed by atoms with van der Waals surface area (Å²) in [7, 11) is 0. The molecule has 0 spiro atoms. The first-order chi connectivity index (χ1) is 10.6. The molecule has 0 unspecified atom stereocenters. The molecule has 0 saturated heterocycles. The van der Waals surface area contributed by atoms with Crippen molar-refractivity contribution in [2.75, 3.05) is 0 Å². The summed E-state index contributed by atoms with van der Waals surface area (Å²) < 4.78 is 7.48. The van der Waals surface area contributed by atoms with E-state index in [1.165, 1.54) is 4.68 Å². The van der Waals surface area contributed by atoms with Gasteiger partial charge in [-0.15, -0.1) is 0 Å². The maximum atomic E-state index is 12.7. The van der Waals surface area contributed by atoms with Gasteiger partial charge in [-0.2, -0.15) is 9.78 Å². The molecule has 1 aromatic carbocycles. The molecule has 0 aliphatic rings. The molecule has 0 fully saturated rings. The van der Waals surface area contributed by atoms with Crippen LogP contribution in [0.5, 0.6) is 0 Å². The van der Waals surface area contributed by atoms with Crippen molar-refractivity contribution in [3.05, 3.63) is 62.5 Å². The number of benzene rings is 1. The van der Waals surface area contributed by atoms with Crippen molar-refractivity contribution in [1.29, 1.82) is 0 Å². The Kier molecular flexibility index (Phi) is 3.94. The second-order valence-electron chi connectivity index (χ2n) is 4.87. The van der Waals surface area contributed by atoms with Crippen molar-refractivity contribution in [2.24, 2.45) is 5.10 Å². The number of furan rings is 1. The van der Waals surface area contributed by atoms with Crippen molar-refractivity contribution >= 4 is 33.0 Å². The Morgan fingerprint density at radius 2 is 2.23 bits per heavy atom. The Morgan fingerprint density at radius 1 is 1.41 bits per heavy atom. The minimum Gasteiger partial charge on any atom is -0.463 e. The van der Waals surface area contributed by atoms with E-state index < -0.39 is 0 Å². The van der Waals surface area contributed by atoms with Crippen molar-refractivity contribution < 1.29 is 4.42 Å². The number of nitrogens with zero attached hydrogens (tertiary/aromatic N) is 3. The van der Waals surface area contributed by atoms with Gasteiger partial charge in [0.1, 0.15) is 11.6 Å². The minimum atomic E-state index is -0.191. The van der Waals surface area contributed by atoms with Gasteiger partial charge in [-0.1, -0.05) is 22.9 Å². The lowest BCUT2D eigenvalue weighted by atomic mass is 10.2. The molecular weight excluding hydrogens is 346 g/mol. The van der Waals surface area contributed by atoms with Crippen LogP contribution in [0.15, 0.2) is 49.3 Å². The van der Waals surface area contributed by atoms with Crippen molar-refractivity contribution in [1.82, 2.24) is 9.66 Å². The summed E-state index contributed by atoms with van der Waals surface area (Å²) in [5.41, 5.74) is 1.45. The predicted molar refractivity (Wildman–Crippen MR) is 89.5 cm³/mol. The average molecular weight is 360 g/mol. The molecule has 6 heteroatoms. The molecule has 2 aromatic heterocycles. The molecular formula is C16H14BrN3O2. The van der Waals surface area contributed by atoms with Gasteiger partial charge >= 0.3 is 0 Å². The molecule has 112 valence electrons. The van der Waals surface area contributed by atoms with Gasteiger partial charge in [-0.25, -0.2) is 4.98 Å². The molecule has 0 saturated carbocycles. The van der Waals surface area contributed by atoms with Gasteiger partial charge < -0.3 is 4.42 Å². The first-order valence-electron chi connectivity index (χ1n) is 6.89. The standard InChI is InChI=1S/C16H14BrN3O2/c1-3-15-19-13-5-4-11(17)8-12(13)16(21)20(15)18-9-14-10(2)6-7-22-14/h4-9H,3H2,1-2H3. The maximum Gasteiger partial charge on any atom is 0.282 e. The number of hydrogen-bond acceptors (Lipinski definition) is 4. The van der Waals surface area contributed by atoms with Gasteiger partial charge in [-0.05, 0) is 36.8 Å². The maximum absolute atomic E-state index is 12.7.